The zero-order chi connectivity index (χ0) is 21.3. The first-order valence-corrected chi connectivity index (χ1v) is 9.36. The number of carbonyl (C=O) groups is 2. The van der Waals surface area contributed by atoms with Gasteiger partial charge in [0.2, 0.25) is 0 Å². The molecule has 4 rings (SSSR count). The van der Waals surface area contributed by atoms with E-state index in [1.807, 2.05) is 0 Å². The highest BCUT2D eigenvalue weighted by Gasteiger charge is 2.22. The van der Waals surface area contributed by atoms with Gasteiger partial charge in [-0.2, -0.15) is 5.10 Å². The predicted octanol–water partition coefficient (Wildman–Crippen LogP) is 3.91. The molecule has 0 saturated heterocycles. The highest BCUT2D eigenvalue weighted by atomic mass is 35.5. The monoisotopic (exact) mass is 446 g/mol. The quantitative estimate of drug-likeness (QED) is 0.308. The van der Waals surface area contributed by atoms with E-state index in [1.54, 1.807) is 23.3 Å². The highest BCUT2D eigenvalue weighted by Crippen LogP contribution is 2.28. The third-order valence-corrected chi connectivity index (χ3v) is 4.83. The topological polar surface area (TPSA) is 108 Å². The standard InChI is InChI=1S/C19H13Cl2FN6O2/c20-12-1-2-13(21)17(22)16(12)18(29)10-5-14(25-6-10)19(30)27-11-7-26-28(8-11)9-15-23-3-4-24-15/h1-8,25H,9H2,(H,23,24)(H,27,30). The molecule has 3 heterocycles. The van der Waals surface area contributed by atoms with E-state index >= 15 is 0 Å². The second kappa shape index (κ2) is 8.13. The van der Waals surface area contributed by atoms with Gasteiger partial charge >= 0.3 is 0 Å². The summed E-state index contributed by atoms with van der Waals surface area (Å²) < 4.78 is 15.8. The van der Waals surface area contributed by atoms with E-state index in [1.165, 1.54) is 30.6 Å². The molecule has 0 aliphatic carbocycles. The number of aromatic nitrogens is 5. The van der Waals surface area contributed by atoms with Gasteiger partial charge in [0.25, 0.3) is 5.91 Å². The molecule has 0 saturated carbocycles. The van der Waals surface area contributed by atoms with Gasteiger partial charge in [0, 0.05) is 30.4 Å². The van der Waals surface area contributed by atoms with Gasteiger partial charge in [0.05, 0.1) is 34.0 Å². The Bertz CT molecular complexity index is 1230. The van der Waals surface area contributed by atoms with Gasteiger partial charge in [-0.15, -0.1) is 0 Å². The van der Waals surface area contributed by atoms with E-state index in [-0.39, 0.29) is 26.9 Å². The van der Waals surface area contributed by atoms with E-state index in [2.05, 4.69) is 25.4 Å². The van der Waals surface area contributed by atoms with Gasteiger partial charge in [-0.1, -0.05) is 23.2 Å². The van der Waals surface area contributed by atoms with Crippen LogP contribution in [0.3, 0.4) is 0 Å². The third kappa shape index (κ3) is 3.98. The Morgan fingerprint density at radius 1 is 1.20 bits per heavy atom. The van der Waals surface area contributed by atoms with Crippen molar-refractivity contribution < 1.29 is 14.0 Å². The second-order valence-electron chi connectivity index (χ2n) is 6.27. The van der Waals surface area contributed by atoms with Crippen LogP contribution < -0.4 is 5.32 Å². The van der Waals surface area contributed by atoms with Crippen molar-refractivity contribution in [1.82, 2.24) is 24.7 Å². The number of rotatable bonds is 6. The molecule has 3 aromatic heterocycles. The minimum Gasteiger partial charge on any atom is -0.356 e. The molecular weight excluding hydrogens is 434 g/mol. The van der Waals surface area contributed by atoms with Crippen molar-refractivity contribution in [3.63, 3.8) is 0 Å². The number of amides is 1. The Morgan fingerprint density at radius 3 is 2.77 bits per heavy atom. The normalized spacial score (nSPS) is 10.9. The fourth-order valence-corrected chi connectivity index (χ4v) is 3.18. The number of hydrogen-bond acceptors (Lipinski definition) is 4. The summed E-state index contributed by atoms with van der Waals surface area (Å²) in [6.07, 6.45) is 7.75. The molecule has 152 valence electrons. The van der Waals surface area contributed by atoms with Crippen LogP contribution >= 0.6 is 23.2 Å². The summed E-state index contributed by atoms with van der Waals surface area (Å²) in [5, 5.41) is 6.52. The van der Waals surface area contributed by atoms with Crippen LogP contribution in [0.2, 0.25) is 10.0 Å². The number of hydrogen-bond donors (Lipinski definition) is 3. The first-order chi connectivity index (χ1) is 14.4. The Balaban J connectivity index is 1.48. The number of anilines is 1. The van der Waals surface area contributed by atoms with Gasteiger partial charge in [0.15, 0.2) is 11.6 Å². The molecule has 3 N–H and O–H groups in total. The molecule has 4 aromatic rings. The van der Waals surface area contributed by atoms with Gasteiger partial charge in [-0.25, -0.2) is 9.37 Å². The maximum Gasteiger partial charge on any atom is 0.272 e. The lowest BCUT2D eigenvalue weighted by Gasteiger charge is -2.05. The molecule has 0 atom stereocenters. The van der Waals surface area contributed by atoms with E-state index in [0.29, 0.717) is 12.2 Å². The maximum absolute atomic E-state index is 14.2. The second-order valence-corrected chi connectivity index (χ2v) is 7.08. The smallest absolute Gasteiger partial charge is 0.272 e. The molecule has 11 heteroatoms. The SMILES string of the molecule is O=C(Nc1cnn(Cc2ncc[nH]2)c1)c1cc(C(=O)c2c(Cl)ccc(Cl)c2F)c[nH]1. The summed E-state index contributed by atoms with van der Waals surface area (Å²) in [6, 6.07) is 3.90. The lowest BCUT2D eigenvalue weighted by molar-refractivity contribution is 0.102. The Labute approximate surface area is 179 Å². The number of ketones is 1. The van der Waals surface area contributed by atoms with Crippen molar-refractivity contribution in [2.75, 3.05) is 5.32 Å². The molecular formula is C19H13Cl2FN6O2. The van der Waals surface area contributed by atoms with E-state index in [0.717, 1.165) is 5.82 Å². The van der Waals surface area contributed by atoms with Crippen LogP contribution in [0.25, 0.3) is 0 Å². The zero-order valence-corrected chi connectivity index (χ0v) is 16.6. The molecule has 8 nitrogen and oxygen atoms in total. The number of nitrogens with zero attached hydrogens (tertiary/aromatic N) is 3. The molecule has 0 aliphatic rings. The fourth-order valence-electron chi connectivity index (χ4n) is 2.79. The van der Waals surface area contributed by atoms with Crippen LogP contribution in [0.1, 0.15) is 32.2 Å². The maximum atomic E-state index is 14.2. The Morgan fingerprint density at radius 2 is 2.00 bits per heavy atom. The summed E-state index contributed by atoms with van der Waals surface area (Å²) in [7, 11) is 0. The van der Waals surface area contributed by atoms with Gasteiger partial charge in [-0.05, 0) is 18.2 Å². The van der Waals surface area contributed by atoms with Crippen LogP contribution in [0.5, 0.6) is 0 Å². The third-order valence-electron chi connectivity index (χ3n) is 4.22. The van der Waals surface area contributed by atoms with Crippen molar-refractivity contribution in [2.45, 2.75) is 6.54 Å². The molecule has 0 unspecified atom stereocenters. The number of nitrogens with one attached hydrogen (secondary N) is 3. The Kier molecular flexibility index (Phi) is 5.39. The number of aromatic amines is 2. The Hall–Kier alpha value is -3.43. The zero-order valence-electron chi connectivity index (χ0n) is 15.1. The van der Waals surface area contributed by atoms with E-state index < -0.39 is 17.5 Å². The summed E-state index contributed by atoms with van der Waals surface area (Å²) in [5.74, 6) is -1.38. The average molecular weight is 447 g/mol. The largest absolute Gasteiger partial charge is 0.356 e. The number of halogens is 3. The predicted molar refractivity (Wildman–Crippen MR) is 109 cm³/mol. The lowest BCUT2D eigenvalue weighted by atomic mass is 10.0. The molecule has 1 aromatic carbocycles. The van der Waals surface area contributed by atoms with Gasteiger partial charge < -0.3 is 15.3 Å². The van der Waals surface area contributed by atoms with Gasteiger partial charge in [0.1, 0.15) is 11.5 Å². The number of imidazole rings is 1. The first-order valence-electron chi connectivity index (χ1n) is 8.61. The lowest BCUT2D eigenvalue weighted by Crippen LogP contribution is -2.12. The van der Waals surface area contributed by atoms with E-state index in [4.69, 9.17) is 23.2 Å². The number of carbonyl (C=O) groups excluding carboxylic acids is 2. The first kappa shape index (κ1) is 19.9. The molecule has 0 aliphatic heterocycles. The van der Waals surface area contributed by atoms with Crippen LogP contribution in [0.4, 0.5) is 10.1 Å². The molecule has 30 heavy (non-hydrogen) atoms. The van der Waals surface area contributed by atoms with Crippen molar-refractivity contribution in [2.24, 2.45) is 0 Å². The van der Waals surface area contributed by atoms with Crippen molar-refractivity contribution >= 4 is 40.6 Å². The highest BCUT2D eigenvalue weighted by molar-refractivity contribution is 6.37. The molecule has 1 amide bonds. The molecule has 0 radical (unpaired) electrons. The van der Waals surface area contributed by atoms with E-state index in [9.17, 15) is 14.0 Å². The van der Waals surface area contributed by atoms with Crippen LogP contribution in [0.15, 0.2) is 49.2 Å². The van der Waals surface area contributed by atoms with Crippen LogP contribution in [-0.2, 0) is 6.54 Å². The summed E-state index contributed by atoms with van der Waals surface area (Å²) in [6.45, 7) is 0.413. The average Bonchev–Trinajstić information content (AvgIpc) is 3.47. The minimum atomic E-state index is -0.912. The van der Waals surface area contributed by atoms with Gasteiger partial charge in [-0.3, -0.25) is 14.3 Å². The van der Waals surface area contributed by atoms with Crippen LogP contribution in [0, 0.1) is 5.82 Å². The van der Waals surface area contributed by atoms with Crippen molar-refractivity contribution in [1.29, 1.82) is 0 Å². The summed E-state index contributed by atoms with van der Waals surface area (Å²) in [5.41, 5.74) is 0.278. The minimum absolute atomic E-state index is 0.0664. The molecule has 0 bridgehead atoms. The molecule has 0 spiro atoms. The number of H-pyrrole nitrogens is 2. The van der Waals surface area contributed by atoms with Crippen molar-refractivity contribution in [3.05, 3.63) is 87.7 Å². The van der Waals surface area contributed by atoms with Crippen LogP contribution in [-0.4, -0.2) is 36.4 Å². The summed E-state index contributed by atoms with van der Waals surface area (Å²) >= 11 is 11.7. The summed E-state index contributed by atoms with van der Waals surface area (Å²) in [4.78, 5) is 34.9. The van der Waals surface area contributed by atoms with Crippen molar-refractivity contribution in [3.8, 4) is 0 Å². The number of benzene rings is 1. The fraction of sp³-hybridized carbons (Fsp3) is 0.0526. The molecule has 0 fully saturated rings.